The molecule has 4 nitrogen and oxygen atoms in total. The highest BCUT2D eigenvalue weighted by molar-refractivity contribution is 8.00. The van der Waals surface area contributed by atoms with Gasteiger partial charge in [0.2, 0.25) is 5.91 Å². The Balaban J connectivity index is 1.94. The van der Waals surface area contributed by atoms with E-state index in [0.29, 0.717) is 5.75 Å². The number of nitrogens with one attached hydrogen (secondary N) is 1. The first-order chi connectivity index (χ1) is 12.6. The summed E-state index contributed by atoms with van der Waals surface area (Å²) in [5.74, 6) is 1.24. The molecule has 1 atom stereocenters. The fraction of sp³-hybridized carbons (Fsp3) is 0.238. The van der Waals surface area contributed by atoms with Crippen molar-refractivity contribution >= 4 is 23.5 Å². The summed E-state index contributed by atoms with van der Waals surface area (Å²) in [6.45, 7) is 6.21. The topological polar surface area (TPSA) is 46.9 Å². The molecule has 26 heavy (non-hydrogen) atoms. The zero-order valence-corrected chi connectivity index (χ0v) is 15.9. The number of para-hydroxylation sites is 1. The van der Waals surface area contributed by atoms with Crippen LogP contribution in [-0.4, -0.2) is 21.4 Å². The molecule has 0 fully saturated rings. The third kappa shape index (κ3) is 2.82. The number of carbonyl (C=O) groups excluding carboxylic acids is 1. The molecule has 0 saturated heterocycles. The van der Waals surface area contributed by atoms with Crippen molar-refractivity contribution in [2.45, 2.75) is 26.0 Å². The quantitative estimate of drug-likeness (QED) is 0.725. The molecule has 0 saturated carbocycles. The van der Waals surface area contributed by atoms with Crippen molar-refractivity contribution in [3.8, 4) is 5.69 Å². The van der Waals surface area contributed by atoms with E-state index in [2.05, 4.69) is 43.4 Å². The first-order valence-electron chi connectivity index (χ1n) is 8.68. The summed E-state index contributed by atoms with van der Waals surface area (Å²) in [5, 5.41) is 7.98. The van der Waals surface area contributed by atoms with E-state index in [1.54, 1.807) is 11.8 Å². The summed E-state index contributed by atoms with van der Waals surface area (Å²) >= 11 is 1.66. The highest BCUT2D eigenvalue weighted by Gasteiger charge is 2.31. The highest BCUT2D eigenvalue weighted by atomic mass is 32.2. The Labute approximate surface area is 157 Å². The van der Waals surface area contributed by atoms with Crippen molar-refractivity contribution in [1.29, 1.82) is 0 Å². The summed E-state index contributed by atoms with van der Waals surface area (Å²) < 4.78 is 1.88. The Hall–Kier alpha value is -2.53. The lowest BCUT2D eigenvalue weighted by Crippen LogP contribution is -2.16. The van der Waals surface area contributed by atoms with Crippen molar-refractivity contribution in [3.05, 3.63) is 76.5 Å². The van der Waals surface area contributed by atoms with Crippen LogP contribution in [0.5, 0.6) is 0 Å². The normalized spacial score (nSPS) is 16.7. The van der Waals surface area contributed by atoms with Crippen molar-refractivity contribution in [1.82, 2.24) is 9.78 Å². The van der Waals surface area contributed by atoms with Gasteiger partial charge < -0.3 is 5.32 Å². The molecule has 4 rings (SSSR count). The van der Waals surface area contributed by atoms with Gasteiger partial charge in [-0.3, -0.25) is 4.79 Å². The van der Waals surface area contributed by atoms with Crippen molar-refractivity contribution in [2.75, 3.05) is 11.1 Å². The number of carbonyl (C=O) groups is 1. The van der Waals surface area contributed by atoms with Crippen LogP contribution in [0.3, 0.4) is 0 Å². The SMILES string of the molecule is Cc1ccccc1[C@@H]1SCC(=O)Nc2c1c(C)nn2-c1ccccc1C. The average molecular weight is 363 g/mol. The molecule has 3 aromatic rings. The molecule has 0 radical (unpaired) electrons. The monoisotopic (exact) mass is 363 g/mol. The molecule has 1 amide bonds. The molecule has 0 spiro atoms. The molecular formula is C21H21N3OS. The smallest absolute Gasteiger partial charge is 0.235 e. The lowest BCUT2D eigenvalue weighted by Gasteiger charge is -2.17. The minimum Gasteiger partial charge on any atom is -0.310 e. The van der Waals surface area contributed by atoms with Crippen molar-refractivity contribution < 1.29 is 4.79 Å². The van der Waals surface area contributed by atoms with E-state index in [9.17, 15) is 4.79 Å². The van der Waals surface area contributed by atoms with Crippen LogP contribution in [0.1, 0.15) is 33.2 Å². The summed E-state index contributed by atoms with van der Waals surface area (Å²) in [6.07, 6.45) is 0. The average Bonchev–Trinajstić information content (AvgIpc) is 2.82. The first-order valence-corrected chi connectivity index (χ1v) is 9.73. The van der Waals surface area contributed by atoms with E-state index in [1.807, 2.05) is 35.9 Å². The minimum atomic E-state index is 0.0158. The number of rotatable bonds is 2. The fourth-order valence-corrected chi connectivity index (χ4v) is 4.77. The molecule has 5 heteroatoms. The van der Waals surface area contributed by atoms with Crippen LogP contribution in [0, 0.1) is 20.8 Å². The van der Waals surface area contributed by atoms with E-state index >= 15 is 0 Å². The number of hydrogen-bond donors (Lipinski definition) is 1. The van der Waals surface area contributed by atoms with E-state index in [-0.39, 0.29) is 11.2 Å². The van der Waals surface area contributed by atoms with Gasteiger partial charge in [0.05, 0.1) is 22.4 Å². The summed E-state index contributed by atoms with van der Waals surface area (Å²) in [7, 11) is 0. The summed E-state index contributed by atoms with van der Waals surface area (Å²) in [4.78, 5) is 12.4. The fourth-order valence-electron chi connectivity index (χ4n) is 3.49. The van der Waals surface area contributed by atoms with Gasteiger partial charge in [0.15, 0.2) is 0 Å². The van der Waals surface area contributed by atoms with Gasteiger partial charge in [0.1, 0.15) is 5.82 Å². The maximum Gasteiger partial charge on any atom is 0.235 e. The van der Waals surface area contributed by atoms with Crippen LogP contribution < -0.4 is 5.32 Å². The third-order valence-electron chi connectivity index (χ3n) is 4.82. The maximum absolute atomic E-state index is 12.4. The molecule has 2 aromatic carbocycles. The van der Waals surface area contributed by atoms with Gasteiger partial charge in [-0.15, -0.1) is 11.8 Å². The molecule has 1 aliphatic rings. The molecule has 1 N–H and O–H groups in total. The Morgan fingerprint density at radius 1 is 1.04 bits per heavy atom. The number of aryl methyl sites for hydroxylation is 3. The molecule has 2 heterocycles. The maximum atomic E-state index is 12.4. The van der Waals surface area contributed by atoms with Gasteiger partial charge >= 0.3 is 0 Å². The van der Waals surface area contributed by atoms with Gasteiger partial charge in [-0.05, 0) is 43.5 Å². The Kier molecular flexibility index (Phi) is 4.32. The van der Waals surface area contributed by atoms with Crippen LogP contribution in [0.15, 0.2) is 48.5 Å². The number of hydrogen-bond acceptors (Lipinski definition) is 3. The lowest BCUT2D eigenvalue weighted by atomic mass is 10.00. The van der Waals surface area contributed by atoms with Gasteiger partial charge in [0, 0.05) is 5.56 Å². The van der Waals surface area contributed by atoms with E-state index in [0.717, 1.165) is 28.3 Å². The second kappa shape index (κ2) is 6.65. The molecule has 0 aliphatic carbocycles. The molecule has 1 aliphatic heterocycles. The number of thioether (sulfide) groups is 1. The minimum absolute atomic E-state index is 0.0158. The number of fused-ring (bicyclic) bond motifs is 1. The second-order valence-electron chi connectivity index (χ2n) is 6.64. The van der Waals surface area contributed by atoms with Gasteiger partial charge in [0.25, 0.3) is 0 Å². The predicted molar refractivity (Wildman–Crippen MR) is 107 cm³/mol. The van der Waals surface area contributed by atoms with Crippen molar-refractivity contribution in [2.24, 2.45) is 0 Å². The van der Waals surface area contributed by atoms with Crippen LogP contribution >= 0.6 is 11.8 Å². The van der Waals surface area contributed by atoms with Crippen molar-refractivity contribution in [3.63, 3.8) is 0 Å². The van der Waals surface area contributed by atoms with Gasteiger partial charge in [-0.25, -0.2) is 4.68 Å². The molecule has 0 bridgehead atoms. The number of amides is 1. The van der Waals surface area contributed by atoms with E-state index in [4.69, 9.17) is 5.10 Å². The van der Waals surface area contributed by atoms with Crippen LogP contribution in [0.4, 0.5) is 5.82 Å². The predicted octanol–water partition coefficient (Wildman–Crippen LogP) is 4.57. The number of anilines is 1. The lowest BCUT2D eigenvalue weighted by molar-refractivity contribution is -0.113. The van der Waals surface area contributed by atoms with Crippen LogP contribution in [-0.2, 0) is 4.79 Å². The van der Waals surface area contributed by atoms with E-state index < -0.39 is 0 Å². The third-order valence-corrected chi connectivity index (χ3v) is 6.07. The Morgan fingerprint density at radius 2 is 1.73 bits per heavy atom. The summed E-state index contributed by atoms with van der Waals surface area (Å²) in [5.41, 5.74) is 6.63. The standard InChI is InChI=1S/C21H21N3OS/c1-13-8-4-6-10-16(13)20-19-15(3)23-24(17-11-7-5-9-14(17)2)21(19)22-18(25)12-26-20/h4-11,20H,12H2,1-3H3,(H,22,25)/t20-/m0/s1. The van der Waals surface area contributed by atoms with Crippen LogP contribution in [0.25, 0.3) is 5.69 Å². The highest BCUT2D eigenvalue weighted by Crippen LogP contribution is 2.44. The zero-order chi connectivity index (χ0) is 18.3. The molecule has 132 valence electrons. The Morgan fingerprint density at radius 3 is 2.46 bits per heavy atom. The van der Waals surface area contributed by atoms with Crippen LogP contribution in [0.2, 0.25) is 0 Å². The Bertz CT molecular complexity index is 993. The number of benzene rings is 2. The molecule has 1 aromatic heterocycles. The number of aromatic nitrogens is 2. The summed E-state index contributed by atoms with van der Waals surface area (Å²) in [6, 6.07) is 16.5. The van der Waals surface area contributed by atoms with E-state index in [1.165, 1.54) is 11.1 Å². The first kappa shape index (κ1) is 16.9. The molecule has 0 unspecified atom stereocenters. The van der Waals surface area contributed by atoms with Gasteiger partial charge in [-0.2, -0.15) is 5.10 Å². The second-order valence-corrected chi connectivity index (χ2v) is 7.74. The largest absolute Gasteiger partial charge is 0.310 e. The zero-order valence-electron chi connectivity index (χ0n) is 15.1. The van der Waals surface area contributed by atoms with Gasteiger partial charge in [-0.1, -0.05) is 42.5 Å². The molecular weight excluding hydrogens is 342 g/mol. The number of nitrogens with zero attached hydrogens (tertiary/aromatic N) is 2.